The summed E-state index contributed by atoms with van der Waals surface area (Å²) in [5.41, 5.74) is 8.41. The predicted molar refractivity (Wildman–Crippen MR) is 72.0 cm³/mol. The van der Waals surface area contributed by atoms with Gasteiger partial charge in [0.05, 0.1) is 0 Å². The van der Waals surface area contributed by atoms with Crippen molar-refractivity contribution in [2.24, 2.45) is 0 Å². The molecule has 6 nitrogen and oxygen atoms in total. The van der Waals surface area contributed by atoms with Crippen LogP contribution in [0.15, 0.2) is 30.5 Å². The monoisotopic (exact) mass is 270 g/mol. The SMILES string of the molecule is Cc1cc(-c2c(F)cc(N)cc2-c2nnn[nH]2)ccn1. The van der Waals surface area contributed by atoms with Crippen LogP contribution < -0.4 is 5.73 Å². The fourth-order valence-electron chi connectivity index (χ4n) is 2.08. The molecule has 0 unspecified atom stereocenters. The molecule has 2 aromatic heterocycles. The lowest BCUT2D eigenvalue weighted by atomic mass is 9.98. The van der Waals surface area contributed by atoms with Gasteiger partial charge in [0.1, 0.15) is 5.82 Å². The van der Waals surface area contributed by atoms with E-state index in [1.165, 1.54) is 6.07 Å². The zero-order valence-corrected chi connectivity index (χ0v) is 10.6. The molecule has 3 N–H and O–H groups in total. The summed E-state index contributed by atoms with van der Waals surface area (Å²) in [5, 5.41) is 13.5. The van der Waals surface area contributed by atoms with Gasteiger partial charge in [0.15, 0.2) is 5.82 Å². The topological polar surface area (TPSA) is 93.4 Å². The minimum atomic E-state index is -0.429. The van der Waals surface area contributed by atoms with Crippen molar-refractivity contribution in [3.05, 3.63) is 42.0 Å². The van der Waals surface area contributed by atoms with Gasteiger partial charge in [-0.25, -0.2) is 9.49 Å². The first-order chi connectivity index (χ1) is 9.65. The van der Waals surface area contributed by atoms with Crippen molar-refractivity contribution in [3.63, 3.8) is 0 Å². The van der Waals surface area contributed by atoms with Gasteiger partial charge in [-0.2, -0.15) is 0 Å². The van der Waals surface area contributed by atoms with Crippen molar-refractivity contribution in [1.29, 1.82) is 0 Å². The van der Waals surface area contributed by atoms with Gasteiger partial charge in [-0.1, -0.05) is 0 Å². The van der Waals surface area contributed by atoms with Gasteiger partial charge < -0.3 is 5.73 Å². The van der Waals surface area contributed by atoms with Crippen molar-refractivity contribution in [3.8, 4) is 22.5 Å². The van der Waals surface area contributed by atoms with Crippen molar-refractivity contribution in [2.45, 2.75) is 6.92 Å². The molecule has 0 fully saturated rings. The highest BCUT2D eigenvalue weighted by atomic mass is 19.1. The fraction of sp³-hybridized carbons (Fsp3) is 0.0769. The number of nitrogens with zero attached hydrogens (tertiary/aromatic N) is 4. The van der Waals surface area contributed by atoms with E-state index in [-0.39, 0.29) is 0 Å². The van der Waals surface area contributed by atoms with E-state index in [0.29, 0.717) is 28.2 Å². The number of rotatable bonds is 2. The maximum atomic E-state index is 14.3. The van der Waals surface area contributed by atoms with Crippen LogP contribution in [0, 0.1) is 12.7 Å². The highest BCUT2D eigenvalue weighted by molar-refractivity contribution is 5.83. The van der Waals surface area contributed by atoms with Crippen LogP contribution in [0.2, 0.25) is 0 Å². The Morgan fingerprint density at radius 3 is 2.80 bits per heavy atom. The van der Waals surface area contributed by atoms with Crippen molar-refractivity contribution in [2.75, 3.05) is 5.73 Å². The fourth-order valence-corrected chi connectivity index (χ4v) is 2.08. The molecule has 0 aliphatic carbocycles. The van der Waals surface area contributed by atoms with Gasteiger partial charge in [0.25, 0.3) is 0 Å². The van der Waals surface area contributed by atoms with E-state index in [1.54, 1.807) is 24.4 Å². The summed E-state index contributed by atoms with van der Waals surface area (Å²) in [4.78, 5) is 4.11. The smallest absolute Gasteiger partial charge is 0.180 e. The summed E-state index contributed by atoms with van der Waals surface area (Å²) >= 11 is 0. The Balaban J connectivity index is 2.29. The average Bonchev–Trinajstić information content (AvgIpc) is 2.91. The molecule has 100 valence electrons. The van der Waals surface area contributed by atoms with Crippen LogP contribution >= 0.6 is 0 Å². The maximum Gasteiger partial charge on any atom is 0.180 e. The number of tetrazole rings is 1. The first-order valence-corrected chi connectivity index (χ1v) is 5.91. The average molecular weight is 270 g/mol. The standard InChI is InChI=1S/C13H11FN6/c1-7-4-8(2-3-16-7)12-10(13-17-19-20-18-13)5-9(15)6-11(12)14/h2-6H,15H2,1H3,(H,17,18,19,20). The van der Waals surface area contributed by atoms with E-state index in [9.17, 15) is 4.39 Å². The van der Waals surface area contributed by atoms with Gasteiger partial charge in [-0.3, -0.25) is 4.98 Å². The second kappa shape index (κ2) is 4.69. The third-order valence-electron chi connectivity index (χ3n) is 2.90. The van der Waals surface area contributed by atoms with Gasteiger partial charge in [-0.15, -0.1) is 5.10 Å². The van der Waals surface area contributed by atoms with Crippen molar-refractivity contribution < 1.29 is 4.39 Å². The van der Waals surface area contributed by atoms with Crippen molar-refractivity contribution in [1.82, 2.24) is 25.6 Å². The maximum absolute atomic E-state index is 14.3. The van der Waals surface area contributed by atoms with E-state index in [4.69, 9.17) is 5.73 Å². The molecule has 3 rings (SSSR count). The molecule has 0 radical (unpaired) electrons. The molecule has 3 aromatic rings. The zero-order chi connectivity index (χ0) is 14.1. The Morgan fingerprint density at radius 1 is 1.25 bits per heavy atom. The molecular weight excluding hydrogens is 259 g/mol. The number of pyridine rings is 1. The number of H-pyrrole nitrogens is 1. The van der Waals surface area contributed by atoms with E-state index in [0.717, 1.165) is 5.69 Å². The van der Waals surface area contributed by atoms with Crippen LogP contribution in [0.4, 0.5) is 10.1 Å². The molecule has 1 aromatic carbocycles. The van der Waals surface area contributed by atoms with E-state index < -0.39 is 5.82 Å². The van der Waals surface area contributed by atoms with Crippen LogP contribution in [0.5, 0.6) is 0 Å². The zero-order valence-electron chi connectivity index (χ0n) is 10.6. The summed E-state index contributed by atoms with van der Waals surface area (Å²) in [7, 11) is 0. The summed E-state index contributed by atoms with van der Waals surface area (Å²) in [6, 6.07) is 6.44. The van der Waals surface area contributed by atoms with Crippen LogP contribution in [-0.2, 0) is 0 Å². The lowest BCUT2D eigenvalue weighted by molar-refractivity contribution is 0.632. The first kappa shape index (κ1) is 12.2. The summed E-state index contributed by atoms with van der Waals surface area (Å²) < 4.78 is 14.3. The number of benzene rings is 1. The summed E-state index contributed by atoms with van der Waals surface area (Å²) in [5.74, 6) is -0.0670. The number of halogens is 1. The second-order valence-corrected chi connectivity index (χ2v) is 4.36. The first-order valence-electron chi connectivity index (χ1n) is 5.91. The molecule has 20 heavy (non-hydrogen) atoms. The van der Waals surface area contributed by atoms with Crippen molar-refractivity contribution >= 4 is 5.69 Å². The van der Waals surface area contributed by atoms with Gasteiger partial charge in [-0.05, 0) is 47.2 Å². The van der Waals surface area contributed by atoms with E-state index >= 15 is 0 Å². The lowest BCUT2D eigenvalue weighted by Crippen LogP contribution is -1.96. The third-order valence-corrected chi connectivity index (χ3v) is 2.90. The van der Waals surface area contributed by atoms with Crippen LogP contribution in [0.1, 0.15) is 5.69 Å². The summed E-state index contributed by atoms with van der Waals surface area (Å²) in [6.45, 7) is 1.84. The number of nitrogens with one attached hydrogen (secondary N) is 1. The minimum Gasteiger partial charge on any atom is -0.399 e. The Kier molecular flexibility index (Phi) is 2.86. The Labute approximate surface area is 113 Å². The normalized spacial score (nSPS) is 10.7. The van der Waals surface area contributed by atoms with E-state index in [2.05, 4.69) is 25.6 Å². The molecule has 0 amide bonds. The lowest BCUT2D eigenvalue weighted by Gasteiger charge is -2.10. The molecule has 0 saturated heterocycles. The summed E-state index contributed by atoms with van der Waals surface area (Å²) in [6.07, 6.45) is 1.63. The molecular formula is C13H11FN6. The second-order valence-electron chi connectivity index (χ2n) is 4.36. The molecule has 0 atom stereocenters. The molecule has 0 saturated carbocycles. The van der Waals surface area contributed by atoms with Gasteiger partial charge >= 0.3 is 0 Å². The van der Waals surface area contributed by atoms with Crippen LogP contribution in [-0.4, -0.2) is 25.6 Å². The number of aromatic amines is 1. The minimum absolute atomic E-state index is 0.309. The largest absolute Gasteiger partial charge is 0.399 e. The predicted octanol–water partition coefficient (Wildman–Crippen LogP) is 1.96. The molecule has 2 heterocycles. The molecule has 0 aliphatic heterocycles. The highest BCUT2D eigenvalue weighted by Gasteiger charge is 2.16. The van der Waals surface area contributed by atoms with Gasteiger partial charge in [0.2, 0.25) is 0 Å². The quantitative estimate of drug-likeness (QED) is 0.694. The van der Waals surface area contributed by atoms with E-state index in [1.807, 2.05) is 6.92 Å². The number of nitrogen functional groups attached to an aromatic ring is 1. The Bertz CT molecular complexity index is 754. The molecule has 0 bridgehead atoms. The Morgan fingerprint density at radius 2 is 2.10 bits per heavy atom. The number of hydrogen-bond donors (Lipinski definition) is 2. The number of hydrogen-bond acceptors (Lipinski definition) is 5. The molecule has 0 aliphatic rings. The third kappa shape index (κ3) is 2.09. The number of anilines is 1. The molecule has 7 heteroatoms. The Hall–Kier alpha value is -2.83. The van der Waals surface area contributed by atoms with Gasteiger partial charge in [0, 0.05) is 28.7 Å². The number of aryl methyl sites for hydroxylation is 1. The van der Waals surface area contributed by atoms with Crippen LogP contribution in [0.25, 0.3) is 22.5 Å². The highest BCUT2D eigenvalue weighted by Crippen LogP contribution is 2.34. The number of aromatic nitrogens is 5. The molecule has 0 spiro atoms. The van der Waals surface area contributed by atoms with Crippen LogP contribution in [0.3, 0.4) is 0 Å². The number of nitrogens with two attached hydrogens (primary N) is 1.